The molecule has 1 amide bonds. The van der Waals surface area contributed by atoms with Crippen molar-refractivity contribution in [1.29, 1.82) is 0 Å². The molecule has 7 heteroatoms. The highest BCUT2D eigenvalue weighted by Gasteiger charge is 2.16. The Morgan fingerprint density at radius 3 is 2.38 bits per heavy atom. The predicted molar refractivity (Wildman–Crippen MR) is 82.7 cm³/mol. The Balaban J connectivity index is 2.35. The molecule has 0 radical (unpaired) electrons. The molecule has 2 aromatic carbocycles. The highest BCUT2D eigenvalue weighted by atomic mass is 79.9. The van der Waals surface area contributed by atoms with Gasteiger partial charge in [-0.25, -0.2) is 8.78 Å². The topological polar surface area (TPSA) is 38.3 Å². The van der Waals surface area contributed by atoms with Gasteiger partial charge >= 0.3 is 0 Å². The Labute approximate surface area is 136 Å². The molecule has 0 aliphatic heterocycles. The number of halogens is 4. The van der Waals surface area contributed by atoms with Crippen molar-refractivity contribution in [2.24, 2.45) is 0 Å². The molecule has 2 aromatic rings. The zero-order chi connectivity index (χ0) is 15.6. The Hall–Kier alpha value is -1.47. The summed E-state index contributed by atoms with van der Waals surface area (Å²) < 4.78 is 32.2. The fourth-order valence-electron chi connectivity index (χ4n) is 1.72. The van der Waals surface area contributed by atoms with Crippen molar-refractivity contribution in [2.75, 3.05) is 12.4 Å². The minimum atomic E-state index is -0.531. The van der Waals surface area contributed by atoms with E-state index in [-0.39, 0.29) is 11.3 Å². The summed E-state index contributed by atoms with van der Waals surface area (Å²) in [5.74, 6) is -1.22. The van der Waals surface area contributed by atoms with E-state index in [9.17, 15) is 13.6 Å². The number of carbonyl (C=O) groups excluding carboxylic acids is 1. The van der Waals surface area contributed by atoms with Crippen LogP contribution in [0.2, 0.25) is 0 Å². The Morgan fingerprint density at radius 2 is 1.76 bits per heavy atom. The molecule has 0 aliphatic carbocycles. The van der Waals surface area contributed by atoms with Crippen LogP contribution < -0.4 is 10.1 Å². The molecule has 0 atom stereocenters. The first-order valence-corrected chi connectivity index (χ1v) is 7.30. The molecule has 0 unspecified atom stereocenters. The minimum absolute atomic E-state index is 0.172. The lowest BCUT2D eigenvalue weighted by Crippen LogP contribution is -2.13. The highest BCUT2D eigenvalue weighted by molar-refractivity contribution is 9.10. The molecule has 0 bridgehead atoms. The molecule has 21 heavy (non-hydrogen) atoms. The van der Waals surface area contributed by atoms with Gasteiger partial charge in [0, 0.05) is 10.5 Å². The van der Waals surface area contributed by atoms with Gasteiger partial charge < -0.3 is 10.1 Å². The first kappa shape index (κ1) is 15.9. The number of ether oxygens (including phenoxy) is 1. The van der Waals surface area contributed by atoms with Gasteiger partial charge in [-0.2, -0.15) is 0 Å². The maximum atomic E-state index is 13.4. The van der Waals surface area contributed by atoms with Crippen LogP contribution in [0.1, 0.15) is 10.4 Å². The van der Waals surface area contributed by atoms with E-state index in [1.54, 1.807) is 0 Å². The molecule has 0 aromatic heterocycles. The molecule has 0 spiro atoms. The third-order valence-corrected chi connectivity index (χ3v) is 3.88. The van der Waals surface area contributed by atoms with Crippen molar-refractivity contribution in [1.82, 2.24) is 0 Å². The molecule has 0 saturated heterocycles. The van der Waals surface area contributed by atoms with E-state index in [2.05, 4.69) is 37.2 Å². The lowest BCUT2D eigenvalue weighted by atomic mass is 10.2. The number of methoxy groups -OCH3 is 1. The van der Waals surface area contributed by atoms with Crippen LogP contribution in [-0.2, 0) is 0 Å². The van der Waals surface area contributed by atoms with Crippen LogP contribution in [0, 0.1) is 11.6 Å². The smallest absolute Gasteiger partial charge is 0.256 e. The van der Waals surface area contributed by atoms with Crippen LogP contribution in [0.25, 0.3) is 0 Å². The van der Waals surface area contributed by atoms with Gasteiger partial charge in [0.1, 0.15) is 11.6 Å². The normalized spacial score (nSPS) is 10.3. The average molecular weight is 421 g/mol. The van der Waals surface area contributed by atoms with Crippen LogP contribution in [0.15, 0.2) is 39.3 Å². The van der Waals surface area contributed by atoms with Crippen molar-refractivity contribution < 1.29 is 18.3 Å². The number of hydrogen-bond acceptors (Lipinski definition) is 2. The van der Waals surface area contributed by atoms with E-state index in [0.29, 0.717) is 14.7 Å². The highest BCUT2D eigenvalue weighted by Crippen LogP contribution is 2.34. The van der Waals surface area contributed by atoms with E-state index in [1.165, 1.54) is 31.4 Å². The van der Waals surface area contributed by atoms with Gasteiger partial charge in [-0.05, 0) is 56.1 Å². The molecule has 0 saturated carbocycles. The summed E-state index contributed by atoms with van der Waals surface area (Å²) in [6.45, 7) is 0. The third kappa shape index (κ3) is 3.59. The van der Waals surface area contributed by atoms with Crippen molar-refractivity contribution in [3.05, 3.63) is 56.5 Å². The summed E-state index contributed by atoms with van der Waals surface area (Å²) in [5.41, 5.74) is 0.393. The molecule has 0 aliphatic rings. The van der Waals surface area contributed by atoms with Gasteiger partial charge in [-0.1, -0.05) is 0 Å². The monoisotopic (exact) mass is 419 g/mol. The van der Waals surface area contributed by atoms with Gasteiger partial charge in [0.05, 0.1) is 22.8 Å². The standard InChI is InChI=1S/C14H9Br2F2NO2/c1-21-13-11(16)5-8(18)6-12(13)19-14(20)9-3-2-7(17)4-10(9)15/h2-6H,1H3,(H,19,20). The Kier molecular flexibility index (Phi) is 4.95. The van der Waals surface area contributed by atoms with Crippen molar-refractivity contribution in [3.63, 3.8) is 0 Å². The van der Waals surface area contributed by atoms with Gasteiger partial charge in [0.15, 0.2) is 5.75 Å². The molecule has 1 N–H and O–H groups in total. The molecule has 3 nitrogen and oxygen atoms in total. The zero-order valence-corrected chi connectivity index (χ0v) is 13.9. The van der Waals surface area contributed by atoms with Gasteiger partial charge in [-0.3, -0.25) is 4.79 Å². The van der Waals surface area contributed by atoms with Crippen molar-refractivity contribution in [3.8, 4) is 5.75 Å². The van der Waals surface area contributed by atoms with Crippen LogP contribution >= 0.6 is 31.9 Å². The molecule has 110 valence electrons. The first-order chi connectivity index (χ1) is 9.92. The number of hydrogen-bond donors (Lipinski definition) is 1. The zero-order valence-electron chi connectivity index (χ0n) is 10.7. The molecule has 0 heterocycles. The van der Waals surface area contributed by atoms with E-state index < -0.39 is 17.5 Å². The van der Waals surface area contributed by atoms with Crippen LogP contribution in [0.3, 0.4) is 0 Å². The summed E-state index contributed by atoms with van der Waals surface area (Å²) in [4.78, 5) is 12.2. The number of carbonyl (C=O) groups is 1. The van der Waals surface area contributed by atoms with Crippen LogP contribution in [0.5, 0.6) is 5.75 Å². The lowest BCUT2D eigenvalue weighted by molar-refractivity contribution is 0.102. The van der Waals surface area contributed by atoms with Gasteiger partial charge in [-0.15, -0.1) is 0 Å². The largest absolute Gasteiger partial charge is 0.493 e. The quantitative estimate of drug-likeness (QED) is 0.777. The molecular weight excluding hydrogens is 412 g/mol. The number of anilines is 1. The summed E-state index contributed by atoms with van der Waals surface area (Å²) in [5, 5.41) is 2.53. The molecular formula is C14H9Br2F2NO2. The predicted octanol–water partition coefficient (Wildman–Crippen LogP) is 4.75. The van der Waals surface area contributed by atoms with Crippen LogP contribution in [0.4, 0.5) is 14.5 Å². The second-order valence-corrected chi connectivity index (χ2v) is 5.76. The lowest BCUT2D eigenvalue weighted by Gasteiger charge is -2.12. The second-order valence-electron chi connectivity index (χ2n) is 4.05. The van der Waals surface area contributed by atoms with Gasteiger partial charge in [0.25, 0.3) is 5.91 Å². The average Bonchev–Trinajstić information content (AvgIpc) is 2.37. The summed E-state index contributed by atoms with van der Waals surface area (Å²) in [6, 6.07) is 6.03. The Bertz CT molecular complexity index is 708. The fraction of sp³-hybridized carbons (Fsp3) is 0.0714. The van der Waals surface area contributed by atoms with Gasteiger partial charge in [0.2, 0.25) is 0 Å². The minimum Gasteiger partial charge on any atom is -0.493 e. The second kappa shape index (κ2) is 6.53. The number of nitrogens with one attached hydrogen (secondary N) is 1. The third-order valence-electron chi connectivity index (χ3n) is 2.64. The summed E-state index contributed by atoms with van der Waals surface area (Å²) in [6.07, 6.45) is 0. The number of amides is 1. The molecule has 2 rings (SSSR count). The SMILES string of the molecule is COc1c(Br)cc(F)cc1NC(=O)c1ccc(F)cc1Br. The van der Waals surface area contributed by atoms with Crippen molar-refractivity contribution >= 4 is 43.5 Å². The van der Waals surface area contributed by atoms with E-state index >= 15 is 0 Å². The number of benzene rings is 2. The van der Waals surface area contributed by atoms with Crippen molar-refractivity contribution in [2.45, 2.75) is 0 Å². The van der Waals surface area contributed by atoms with E-state index in [1.807, 2.05) is 0 Å². The maximum Gasteiger partial charge on any atom is 0.256 e. The molecule has 0 fully saturated rings. The fourth-order valence-corrected chi connectivity index (χ4v) is 2.85. The van der Waals surface area contributed by atoms with E-state index in [4.69, 9.17) is 4.74 Å². The maximum absolute atomic E-state index is 13.4. The summed E-state index contributed by atoms with van der Waals surface area (Å²) in [7, 11) is 1.40. The summed E-state index contributed by atoms with van der Waals surface area (Å²) >= 11 is 6.26. The Morgan fingerprint density at radius 1 is 1.10 bits per heavy atom. The first-order valence-electron chi connectivity index (χ1n) is 5.72. The number of rotatable bonds is 3. The van der Waals surface area contributed by atoms with E-state index in [0.717, 1.165) is 6.07 Å². The van der Waals surface area contributed by atoms with Crippen LogP contribution in [-0.4, -0.2) is 13.0 Å².